The molecule has 0 radical (unpaired) electrons. The van der Waals surface area contributed by atoms with Crippen LogP contribution in [0.25, 0.3) is 0 Å². The van der Waals surface area contributed by atoms with Gasteiger partial charge in [0.15, 0.2) is 5.96 Å². The van der Waals surface area contributed by atoms with E-state index in [-0.39, 0.29) is 17.6 Å². The van der Waals surface area contributed by atoms with E-state index in [1.165, 1.54) is 10.6 Å². The number of sulfonamides is 1. The molecule has 162 valence electrons. The third-order valence-corrected chi connectivity index (χ3v) is 7.19. The van der Waals surface area contributed by atoms with Gasteiger partial charge >= 0.3 is 0 Å². The van der Waals surface area contributed by atoms with Crippen LogP contribution in [0.5, 0.6) is 0 Å². The molecule has 0 aromatic carbocycles. The molecule has 0 spiro atoms. The van der Waals surface area contributed by atoms with Crippen molar-refractivity contribution >= 4 is 21.9 Å². The molecule has 2 N–H and O–H groups in total. The molecular formula is C18H30N6O4S. The Morgan fingerprint density at radius 1 is 1.24 bits per heavy atom. The van der Waals surface area contributed by atoms with Crippen LogP contribution in [0.1, 0.15) is 31.4 Å². The van der Waals surface area contributed by atoms with E-state index in [9.17, 15) is 13.2 Å². The van der Waals surface area contributed by atoms with Gasteiger partial charge in [-0.2, -0.15) is 4.31 Å². The molecule has 0 bridgehead atoms. The minimum Gasteiger partial charge on any atom is -0.364 e. The van der Waals surface area contributed by atoms with Crippen LogP contribution in [0.2, 0.25) is 0 Å². The summed E-state index contributed by atoms with van der Waals surface area (Å²) in [6.45, 7) is 3.28. The quantitative estimate of drug-likeness (QED) is 0.341. The molecule has 2 heterocycles. The highest BCUT2D eigenvalue weighted by Crippen LogP contribution is 2.26. The van der Waals surface area contributed by atoms with Crippen molar-refractivity contribution in [1.82, 2.24) is 25.0 Å². The standard InChI is InChI=1S/C18H30N6O4S/c1-19-18(21-8-3-7-20-17(25)15-4-2-5-15)23-9-11-24(12-10-23)29(26,27)14-16-6-13-28-22-16/h6,13,15H,2-5,7-12,14H2,1H3,(H,19,21)(H,20,25). The topological polar surface area (TPSA) is 120 Å². The van der Waals surface area contributed by atoms with Gasteiger partial charge in [-0.05, 0) is 19.3 Å². The maximum atomic E-state index is 12.5. The number of nitrogens with zero attached hydrogens (tertiary/aromatic N) is 4. The van der Waals surface area contributed by atoms with E-state index in [0.29, 0.717) is 45.0 Å². The summed E-state index contributed by atoms with van der Waals surface area (Å²) < 4.78 is 31.2. The molecule has 1 saturated heterocycles. The Labute approximate surface area is 171 Å². The van der Waals surface area contributed by atoms with Crippen molar-refractivity contribution in [2.24, 2.45) is 10.9 Å². The Morgan fingerprint density at radius 3 is 2.55 bits per heavy atom. The number of nitrogens with one attached hydrogen (secondary N) is 2. The van der Waals surface area contributed by atoms with Gasteiger partial charge in [-0.15, -0.1) is 0 Å². The summed E-state index contributed by atoms with van der Waals surface area (Å²) in [5.41, 5.74) is 0.411. The molecule has 3 rings (SSSR count). The lowest BCUT2D eigenvalue weighted by atomic mass is 9.85. The Hall–Kier alpha value is -2.14. The number of piperazine rings is 1. The van der Waals surface area contributed by atoms with Crippen LogP contribution >= 0.6 is 0 Å². The highest BCUT2D eigenvalue weighted by molar-refractivity contribution is 7.88. The number of hydrogen-bond donors (Lipinski definition) is 2. The second-order valence-corrected chi connectivity index (χ2v) is 9.35. The molecule has 0 atom stereocenters. The maximum absolute atomic E-state index is 12.5. The van der Waals surface area contributed by atoms with E-state index in [0.717, 1.165) is 31.6 Å². The van der Waals surface area contributed by atoms with E-state index in [4.69, 9.17) is 4.52 Å². The molecule has 1 aliphatic carbocycles. The van der Waals surface area contributed by atoms with Gasteiger partial charge in [0.2, 0.25) is 15.9 Å². The number of carbonyl (C=O) groups is 1. The third-order valence-electron chi connectivity index (χ3n) is 5.38. The largest absolute Gasteiger partial charge is 0.364 e. The molecule has 29 heavy (non-hydrogen) atoms. The van der Waals surface area contributed by atoms with Gasteiger partial charge in [-0.3, -0.25) is 9.79 Å². The van der Waals surface area contributed by atoms with Crippen molar-refractivity contribution in [3.05, 3.63) is 18.0 Å². The minimum absolute atomic E-state index is 0.150. The molecule has 2 aliphatic rings. The average molecular weight is 427 g/mol. The van der Waals surface area contributed by atoms with Gasteiger partial charge < -0.3 is 20.1 Å². The van der Waals surface area contributed by atoms with E-state index >= 15 is 0 Å². The number of rotatable bonds is 8. The predicted molar refractivity (Wildman–Crippen MR) is 109 cm³/mol. The summed E-state index contributed by atoms with van der Waals surface area (Å²) in [6.07, 6.45) is 5.36. The van der Waals surface area contributed by atoms with Crippen LogP contribution in [0.3, 0.4) is 0 Å². The molecule has 0 unspecified atom stereocenters. The molecule has 1 saturated carbocycles. The molecule has 1 aliphatic heterocycles. The molecule has 10 nitrogen and oxygen atoms in total. The Kier molecular flexibility index (Phi) is 7.48. The van der Waals surface area contributed by atoms with Crippen LogP contribution in [0.15, 0.2) is 21.8 Å². The molecule has 1 aromatic rings. The second kappa shape index (κ2) is 10.1. The molecule has 11 heteroatoms. The fourth-order valence-corrected chi connectivity index (χ4v) is 4.84. The summed E-state index contributed by atoms with van der Waals surface area (Å²) >= 11 is 0. The number of hydrogen-bond acceptors (Lipinski definition) is 6. The van der Waals surface area contributed by atoms with Crippen molar-refractivity contribution in [1.29, 1.82) is 0 Å². The predicted octanol–water partition coefficient (Wildman–Crippen LogP) is 0.00380. The van der Waals surface area contributed by atoms with Crippen molar-refractivity contribution in [2.45, 2.75) is 31.4 Å². The number of guanidine groups is 1. The number of carbonyl (C=O) groups excluding carboxylic acids is 1. The van der Waals surface area contributed by atoms with Crippen molar-refractivity contribution in [3.63, 3.8) is 0 Å². The minimum atomic E-state index is -3.42. The first kappa shape index (κ1) is 21.6. The van der Waals surface area contributed by atoms with Crippen LogP contribution in [-0.2, 0) is 20.6 Å². The molecule has 2 fully saturated rings. The zero-order valence-electron chi connectivity index (χ0n) is 16.8. The first-order chi connectivity index (χ1) is 14.0. The molecular weight excluding hydrogens is 396 g/mol. The highest BCUT2D eigenvalue weighted by atomic mass is 32.2. The first-order valence-corrected chi connectivity index (χ1v) is 11.7. The van der Waals surface area contributed by atoms with Gasteiger partial charge in [0.25, 0.3) is 0 Å². The van der Waals surface area contributed by atoms with E-state index in [1.807, 2.05) is 0 Å². The summed E-state index contributed by atoms with van der Waals surface area (Å²) in [6, 6.07) is 1.56. The second-order valence-electron chi connectivity index (χ2n) is 7.38. The molecule has 1 aromatic heterocycles. The number of amides is 1. The van der Waals surface area contributed by atoms with Crippen LogP contribution in [0, 0.1) is 5.92 Å². The average Bonchev–Trinajstić information content (AvgIpc) is 3.16. The van der Waals surface area contributed by atoms with Crippen LogP contribution in [-0.4, -0.2) is 81.0 Å². The van der Waals surface area contributed by atoms with E-state index in [1.54, 1.807) is 13.1 Å². The Morgan fingerprint density at radius 2 is 1.97 bits per heavy atom. The lowest BCUT2D eigenvalue weighted by molar-refractivity contribution is -0.127. The Balaban J connectivity index is 1.36. The van der Waals surface area contributed by atoms with Gasteiger partial charge in [-0.1, -0.05) is 11.6 Å². The highest BCUT2D eigenvalue weighted by Gasteiger charge is 2.29. The van der Waals surface area contributed by atoms with Crippen molar-refractivity contribution in [2.75, 3.05) is 46.3 Å². The van der Waals surface area contributed by atoms with Gasteiger partial charge in [0, 0.05) is 58.3 Å². The number of aromatic nitrogens is 1. The van der Waals surface area contributed by atoms with Crippen LogP contribution < -0.4 is 10.6 Å². The SMILES string of the molecule is CN=C(NCCCNC(=O)C1CCC1)N1CCN(S(=O)(=O)Cc2ccon2)CC1. The van der Waals surface area contributed by atoms with Gasteiger partial charge in [0.1, 0.15) is 12.0 Å². The summed E-state index contributed by atoms with van der Waals surface area (Å²) in [5.74, 6) is 0.989. The normalized spacial score (nSPS) is 19.1. The lowest BCUT2D eigenvalue weighted by Gasteiger charge is -2.35. The summed E-state index contributed by atoms with van der Waals surface area (Å²) in [7, 11) is -1.70. The van der Waals surface area contributed by atoms with Crippen molar-refractivity contribution < 1.29 is 17.7 Å². The first-order valence-electron chi connectivity index (χ1n) is 10.1. The van der Waals surface area contributed by atoms with E-state index < -0.39 is 10.0 Å². The maximum Gasteiger partial charge on any atom is 0.223 e. The fraction of sp³-hybridized carbons (Fsp3) is 0.722. The molecule has 1 amide bonds. The van der Waals surface area contributed by atoms with Crippen LogP contribution in [0.4, 0.5) is 0 Å². The third kappa shape index (κ3) is 5.92. The van der Waals surface area contributed by atoms with E-state index in [2.05, 4.69) is 25.7 Å². The lowest BCUT2D eigenvalue weighted by Crippen LogP contribution is -2.54. The summed E-state index contributed by atoms with van der Waals surface area (Å²) in [4.78, 5) is 18.2. The zero-order chi connectivity index (χ0) is 20.7. The monoisotopic (exact) mass is 426 g/mol. The summed E-state index contributed by atoms with van der Waals surface area (Å²) in [5, 5.41) is 9.96. The van der Waals surface area contributed by atoms with Gasteiger partial charge in [0.05, 0.1) is 5.69 Å². The van der Waals surface area contributed by atoms with Gasteiger partial charge in [-0.25, -0.2) is 8.42 Å². The number of aliphatic imine (C=N–C) groups is 1. The zero-order valence-corrected chi connectivity index (χ0v) is 17.7. The Bertz CT molecular complexity index is 783. The fourth-order valence-electron chi connectivity index (χ4n) is 3.42. The smallest absolute Gasteiger partial charge is 0.223 e. The van der Waals surface area contributed by atoms with Crippen molar-refractivity contribution in [3.8, 4) is 0 Å².